The molecule has 5 nitrogen and oxygen atoms in total. The number of ether oxygens (including phenoxy) is 1. The quantitative estimate of drug-likeness (QED) is 0.765. The van der Waals surface area contributed by atoms with Gasteiger partial charge in [0.25, 0.3) is 0 Å². The van der Waals surface area contributed by atoms with Crippen LogP contribution in [-0.4, -0.2) is 34.2 Å². The van der Waals surface area contributed by atoms with Crippen LogP contribution in [0.2, 0.25) is 0 Å². The molecule has 0 aromatic carbocycles. The summed E-state index contributed by atoms with van der Waals surface area (Å²) in [6.45, 7) is 5.85. The smallest absolute Gasteiger partial charge is 0.414 e. The number of carboxylic acid groups (broad SMARTS) is 1. The molecular weight excluding hydrogens is 222 g/mol. The van der Waals surface area contributed by atoms with Gasteiger partial charge in [0.1, 0.15) is 5.60 Å². The van der Waals surface area contributed by atoms with Gasteiger partial charge in [-0.3, -0.25) is 4.90 Å². The molecule has 0 spiro atoms. The van der Waals surface area contributed by atoms with E-state index < -0.39 is 17.7 Å². The van der Waals surface area contributed by atoms with E-state index >= 15 is 0 Å². The average molecular weight is 241 g/mol. The number of hydrogen-bond acceptors (Lipinski definition) is 3. The van der Waals surface area contributed by atoms with Gasteiger partial charge in [0.15, 0.2) is 0 Å². The zero-order valence-corrected chi connectivity index (χ0v) is 10.5. The fourth-order valence-corrected chi connectivity index (χ4v) is 1.54. The third-order valence-electron chi connectivity index (χ3n) is 2.31. The zero-order valence-electron chi connectivity index (χ0n) is 10.5. The van der Waals surface area contributed by atoms with Gasteiger partial charge in [-0.05, 0) is 40.0 Å². The van der Waals surface area contributed by atoms with Gasteiger partial charge in [-0.25, -0.2) is 9.59 Å². The monoisotopic (exact) mass is 241 g/mol. The molecule has 1 rings (SSSR count). The third kappa shape index (κ3) is 4.46. The second kappa shape index (κ2) is 5.21. The topological polar surface area (TPSA) is 66.8 Å². The first-order valence-electron chi connectivity index (χ1n) is 5.73. The average Bonchev–Trinajstić information content (AvgIpc) is 2.39. The number of aliphatic carboxylic acids is 1. The highest BCUT2D eigenvalue weighted by Crippen LogP contribution is 2.17. The maximum Gasteiger partial charge on any atom is 0.414 e. The van der Waals surface area contributed by atoms with Crippen LogP contribution in [0.4, 0.5) is 4.79 Å². The Morgan fingerprint density at radius 3 is 2.53 bits per heavy atom. The Kier molecular flexibility index (Phi) is 4.15. The van der Waals surface area contributed by atoms with Gasteiger partial charge < -0.3 is 9.84 Å². The van der Waals surface area contributed by atoms with Crippen LogP contribution < -0.4 is 0 Å². The molecule has 0 aliphatic carbocycles. The van der Waals surface area contributed by atoms with E-state index in [9.17, 15) is 9.59 Å². The van der Waals surface area contributed by atoms with Gasteiger partial charge in [0.05, 0.1) is 5.57 Å². The fourth-order valence-electron chi connectivity index (χ4n) is 1.54. The van der Waals surface area contributed by atoms with Crippen molar-refractivity contribution in [2.24, 2.45) is 0 Å². The van der Waals surface area contributed by atoms with Gasteiger partial charge >= 0.3 is 12.1 Å². The summed E-state index contributed by atoms with van der Waals surface area (Å²) in [5.74, 6) is -0.972. The molecule has 17 heavy (non-hydrogen) atoms. The third-order valence-corrected chi connectivity index (χ3v) is 2.31. The van der Waals surface area contributed by atoms with Crippen molar-refractivity contribution < 1.29 is 19.4 Å². The predicted octanol–water partition coefficient (Wildman–Crippen LogP) is 2.38. The van der Waals surface area contributed by atoms with Crippen molar-refractivity contribution in [1.82, 2.24) is 4.90 Å². The van der Waals surface area contributed by atoms with Crippen molar-refractivity contribution >= 4 is 12.1 Å². The molecule has 1 aliphatic rings. The molecular formula is C12H19NO4. The molecule has 0 atom stereocenters. The Balaban J connectivity index is 2.77. The Hall–Kier alpha value is -1.52. The molecule has 0 radical (unpaired) electrons. The van der Waals surface area contributed by atoms with E-state index in [1.54, 1.807) is 20.8 Å². The number of carbonyl (C=O) groups is 2. The van der Waals surface area contributed by atoms with Crippen molar-refractivity contribution in [2.45, 2.75) is 45.6 Å². The number of hydrogen-bond donors (Lipinski definition) is 1. The normalized spacial score (nSPS) is 17.1. The minimum atomic E-state index is -0.972. The number of carboxylic acids is 1. The molecule has 0 unspecified atom stereocenters. The lowest BCUT2D eigenvalue weighted by atomic mass is 10.1. The Morgan fingerprint density at radius 2 is 2.00 bits per heavy atom. The standard InChI is InChI=1S/C12H19NO4/c1-12(2,3)17-11(16)13-7-5-4-6-9(8-13)10(14)15/h8H,4-7H2,1-3H3,(H,14,15). The van der Waals surface area contributed by atoms with Crippen LogP contribution in [0.3, 0.4) is 0 Å². The van der Waals surface area contributed by atoms with Crippen LogP contribution in [0, 0.1) is 0 Å². The summed E-state index contributed by atoms with van der Waals surface area (Å²) in [6.07, 6.45) is 2.96. The maximum absolute atomic E-state index is 11.8. The lowest BCUT2D eigenvalue weighted by Crippen LogP contribution is -2.34. The molecule has 1 N–H and O–H groups in total. The van der Waals surface area contributed by atoms with Crippen LogP contribution in [0.15, 0.2) is 11.8 Å². The molecule has 5 heteroatoms. The van der Waals surface area contributed by atoms with E-state index in [-0.39, 0.29) is 5.57 Å². The molecule has 0 aromatic heterocycles. The van der Waals surface area contributed by atoms with E-state index in [1.165, 1.54) is 11.1 Å². The van der Waals surface area contributed by atoms with Crippen molar-refractivity contribution in [3.8, 4) is 0 Å². The fraction of sp³-hybridized carbons (Fsp3) is 0.667. The molecule has 0 saturated carbocycles. The summed E-state index contributed by atoms with van der Waals surface area (Å²) >= 11 is 0. The molecule has 0 saturated heterocycles. The lowest BCUT2D eigenvalue weighted by Gasteiger charge is -2.24. The zero-order chi connectivity index (χ0) is 13.1. The van der Waals surface area contributed by atoms with E-state index in [2.05, 4.69) is 0 Å². The highest BCUT2D eigenvalue weighted by atomic mass is 16.6. The van der Waals surface area contributed by atoms with E-state index in [1.807, 2.05) is 0 Å². The first-order chi connectivity index (χ1) is 7.79. The summed E-state index contributed by atoms with van der Waals surface area (Å²) in [4.78, 5) is 24.1. The Morgan fingerprint density at radius 1 is 1.35 bits per heavy atom. The number of rotatable bonds is 1. The Labute approximate surface area is 101 Å². The summed E-state index contributed by atoms with van der Waals surface area (Å²) in [5, 5.41) is 8.95. The minimum absolute atomic E-state index is 0.258. The molecule has 0 bridgehead atoms. The summed E-state index contributed by atoms with van der Waals surface area (Å²) < 4.78 is 5.21. The SMILES string of the molecule is CC(C)(C)OC(=O)N1C=C(C(=O)O)CCCC1. The molecule has 1 aliphatic heterocycles. The number of carbonyl (C=O) groups excluding carboxylic acids is 1. The molecule has 96 valence electrons. The molecule has 1 heterocycles. The molecule has 1 amide bonds. The van der Waals surface area contributed by atoms with Crippen LogP contribution in [0.1, 0.15) is 40.0 Å². The molecule has 0 fully saturated rings. The summed E-state index contributed by atoms with van der Waals surface area (Å²) in [6, 6.07) is 0. The van der Waals surface area contributed by atoms with Crippen molar-refractivity contribution in [3.05, 3.63) is 11.8 Å². The second-order valence-electron chi connectivity index (χ2n) is 5.09. The lowest BCUT2D eigenvalue weighted by molar-refractivity contribution is -0.132. The van der Waals surface area contributed by atoms with Crippen LogP contribution in [0.25, 0.3) is 0 Å². The first kappa shape index (κ1) is 13.5. The maximum atomic E-state index is 11.8. The Bertz CT molecular complexity index is 341. The van der Waals surface area contributed by atoms with Crippen molar-refractivity contribution in [3.63, 3.8) is 0 Å². The predicted molar refractivity (Wildman–Crippen MR) is 62.5 cm³/mol. The van der Waals surface area contributed by atoms with E-state index in [4.69, 9.17) is 9.84 Å². The van der Waals surface area contributed by atoms with E-state index in [0.717, 1.165) is 12.8 Å². The minimum Gasteiger partial charge on any atom is -0.478 e. The first-order valence-corrected chi connectivity index (χ1v) is 5.73. The largest absolute Gasteiger partial charge is 0.478 e. The summed E-state index contributed by atoms with van der Waals surface area (Å²) in [5.41, 5.74) is -0.311. The molecule has 0 aromatic rings. The van der Waals surface area contributed by atoms with Gasteiger partial charge in [0.2, 0.25) is 0 Å². The second-order valence-corrected chi connectivity index (χ2v) is 5.09. The van der Waals surface area contributed by atoms with E-state index in [0.29, 0.717) is 13.0 Å². The summed E-state index contributed by atoms with van der Waals surface area (Å²) in [7, 11) is 0. The highest BCUT2D eigenvalue weighted by Gasteiger charge is 2.23. The van der Waals surface area contributed by atoms with Crippen molar-refractivity contribution in [2.75, 3.05) is 6.54 Å². The van der Waals surface area contributed by atoms with Crippen LogP contribution >= 0.6 is 0 Å². The van der Waals surface area contributed by atoms with Crippen LogP contribution in [-0.2, 0) is 9.53 Å². The van der Waals surface area contributed by atoms with Crippen molar-refractivity contribution in [1.29, 1.82) is 0 Å². The highest BCUT2D eigenvalue weighted by molar-refractivity contribution is 5.87. The van der Waals surface area contributed by atoms with Gasteiger partial charge in [-0.15, -0.1) is 0 Å². The van der Waals surface area contributed by atoms with Crippen LogP contribution in [0.5, 0.6) is 0 Å². The number of amides is 1. The number of nitrogens with zero attached hydrogens (tertiary/aromatic N) is 1. The van der Waals surface area contributed by atoms with Gasteiger partial charge in [0, 0.05) is 12.7 Å². The van der Waals surface area contributed by atoms with Gasteiger partial charge in [-0.2, -0.15) is 0 Å². The van der Waals surface area contributed by atoms with Gasteiger partial charge in [-0.1, -0.05) is 0 Å².